The molecule has 1 amide bonds. The highest BCUT2D eigenvalue weighted by Crippen LogP contribution is 2.33. The number of aliphatic hydroxyl groups is 1. The van der Waals surface area contributed by atoms with Crippen LogP contribution in [0.2, 0.25) is 5.02 Å². The predicted molar refractivity (Wildman–Crippen MR) is 100 cm³/mol. The molecule has 0 aliphatic carbocycles. The molecule has 0 aliphatic rings. The highest BCUT2D eigenvalue weighted by atomic mass is 35.5. The Balaban J connectivity index is 2.04. The van der Waals surface area contributed by atoms with E-state index < -0.39 is 18.0 Å². The van der Waals surface area contributed by atoms with Gasteiger partial charge >= 0.3 is 6.09 Å². The summed E-state index contributed by atoms with van der Waals surface area (Å²) in [6, 6.07) is 8.45. The second kappa shape index (κ2) is 8.32. The molecular formula is C18H17ClFN5O3. The maximum atomic E-state index is 13.4. The van der Waals surface area contributed by atoms with E-state index in [0.717, 1.165) is 0 Å². The third-order valence-corrected chi connectivity index (χ3v) is 4.16. The van der Waals surface area contributed by atoms with E-state index in [1.54, 1.807) is 32.0 Å². The van der Waals surface area contributed by atoms with E-state index in [4.69, 9.17) is 21.4 Å². The molecule has 8 nitrogen and oxygen atoms in total. The van der Waals surface area contributed by atoms with Crippen LogP contribution in [-0.4, -0.2) is 44.1 Å². The van der Waals surface area contributed by atoms with Gasteiger partial charge in [0.05, 0.1) is 23.4 Å². The summed E-state index contributed by atoms with van der Waals surface area (Å²) >= 11 is 6.18. The van der Waals surface area contributed by atoms with E-state index >= 15 is 0 Å². The van der Waals surface area contributed by atoms with Crippen molar-refractivity contribution in [1.82, 2.24) is 25.5 Å². The van der Waals surface area contributed by atoms with E-state index in [1.165, 1.54) is 22.9 Å². The Morgan fingerprint density at radius 1 is 1.36 bits per heavy atom. The van der Waals surface area contributed by atoms with Gasteiger partial charge in [-0.15, -0.1) is 5.10 Å². The molecule has 0 spiro atoms. The first-order valence-corrected chi connectivity index (χ1v) is 8.70. The van der Waals surface area contributed by atoms with E-state index in [1.807, 2.05) is 0 Å². The van der Waals surface area contributed by atoms with Gasteiger partial charge in [-0.05, 0) is 60.2 Å². The number of benzene rings is 2. The number of aromatic nitrogens is 4. The van der Waals surface area contributed by atoms with Crippen LogP contribution in [0.5, 0.6) is 5.75 Å². The average molecular weight is 406 g/mol. The maximum absolute atomic E-state index is 13.4. The fraction of sp³-hybridized carbons (Fsp3) is 0.222. The Bertz CT molecular complexity index is 1010. The minimum atomic E-state index is -0.733. The number of carbonyl (C=O) groups excluding carboxylic acids is 1. The van der Waals surface area contributed by atoms with Crippen molar-refractivity contribution in [2.24, 2.45) is 0 Å². The highest BCUT2D eigenvalue weighted by molar-refractivity contribution is 6.33. The van der Waals surface area contributed by atoms with Gasteiger partial charge in [-0.25, -0.2) is 9.18 Å². The second-order valence-electron chi connectivity index (χ2n) is 6.10. The summed E-state index contributed by atoms with van der Waals surface area (Å²) in [5, 5.41) is 23.1. The van der Waals surface area contributed by atoms with E-state index in [9.17, 15) is 9.18 Å². The molecule has 10 heteroatoms. The molecule has 3 rings (SSSR count). The van der Waals surface area contributed by atoms with Crippen LogP contribution in [0.4, 0.5) is 9.18 Å². The molecule has 146 valence electrons. The number of aliphatic hydroxyl groups excluding tert-OH is 1. The summed E-state index contributed by atoms with van der Waals surface area (Å²) < 4.78 is 20.2. The summed E-state index contributed by atoms with van der Waals surface area (Å²) in [5.74, 6) is 0.257. The normalized spacial score (nSPS) is 11.9. The van der Waals surface area contributed by atoms with Crippen LogP contribution < -0.4 is 10.1 Å². The average Bonchev–Trinajstić information content (AvgIpc) is 3.07. The van der Waals surface area contributed by atoms with Crippen molar-refractivity contribution in [2.45, 2.75) is 19.9 Å². The van der Waals surface area contributed by atoms with Gasteiger partial charge in [-0.3, -0.25) is 0 Å². The van der Waals surface area contributed by atoms with Crippen molar-refractivity contribution in [2.75, 3.05) is 6.61 Å². The van der Waals surface area contributed by atoms with E-state index in [0.29, 0.717) is 22.6 Å². The van der Waals surface area contributed by atoms with Gasteiger partial charge in [-0.1, -0.05) is 11.6 Å². The lowest BCUT2D eigenvalue weighted by atomic mass is 10.0. The number of hydrogen-bond acceptors (Lipinski definition) is 6. The Morgan fingerprint density at radius 2 is 2.14 bits per heavy atom. The lowest BCUT2D eigenvalue weighted by Crippen LogP contribution is -2.37. The molecule has 3 aromatic rings. The summed E-state index contributed by atoms with van der Waals surface area (Å²) in [4.78, 5) is 12.0. The highest BCUT2D eigenvalue weighted by Gasteiger charge is 2.14. The van der Waals surface area contributed by atoms with Crippen LogP contribution in [0.25, 0.3) is 16.8 Å². The quantitative estimate of drug-likeness (QED) is 0.676. The lowest BCUT2D eigenvalue weighted by Gasteiger charge is -2.14. The number of hydrogen-bond donors (Lipinski definition) is 2. The van der Waals surface area contributed by atoms with Crippen LogP contribution in [0.15, 0.2) is 36.4 Å². The fourth-order valence-corrected chi connectivity index (χ4v) is 2.77. The standard InChI is InChI=1S/C18H17ClFN5O3/c1-10(9-26)21-18(27)28-15-6-12(16-4-3-13(20)7-17(16)19)5-14(8-15)25-11(2)22-23-24-25/h3-8,10,26H,9H2,1-2H3,(H,21,27). The minimum Gasteiger partial charge on any atom is -0.410 e. The molecule has 2 aromatic carbocycles. The lowest BCUT2D eigenvalue weighted by molar-refractivity contribution is 0.186. The summed E-state index contributed by atoms with van der Waals surface area (Å²) in [7, 11) is 0. The van der Waals surface area contributed by atoms with Gasteiger partial charge in [0.15, 0.2) is 5.82 Å². The summed E-state index contributed by atoms with van der Waals surface area (Å²) in [6.07, 6.45) is -0.733. The number of ether oxygens (including phenoxy) is 1. The first-order chi connectivity index (χ1) is 13.4. The van der Waals surface area contributed by atoms with Crippen LogP contribution in [0.3, 0.4) is 0 Å². The molecule has 0 bridgehead atoms. The zero-order chi connectivity index (χ0) is 20.3. The van der Waals surface area contributed by atoms with Crippen molar-refractivity contribution in [3.05, 3.63) is 53.1 Å². The predicted octanol–water partition coefficient (Wildman–Crippen LogP) is 2.90. The largest absolute Gasteiger partial charge is 0.412 e. The van der Waals surface area contributed by atoms with E-state index in [2.05, 4.69) is 20.8 Å². The van der Waals surface area contributed by atoms with Crippen molar-refractivity contribution in [1.29, 1.82) is 0 Å². The van der Waals surface area contributed by atoms with Gasteiger partial charge in [0.25, 0.3) is 0 Å². The molecule has 28 heavy (non-hydrogen) atoms. The molecule has 0 saturated carbocycles. The van der Waals surface area contributed by atoms with Crippen LogP contribution in [0, 0.1) is 12.7 Å². The molecule has 1 heterocycles. The molecule has 0 fully saturated rings. The number of rotatable bonds is 5. The number of nitrogens with zero attached hydrogens (tertiary/aromatic N) is 4. The topological polar surface area (TPSA) is 102 Å². The van der Waals surface area contributed by atoms with Gasteiger partial charge < -0.3 is 15.2 Å². The van der Waals surface area contributed by atoms with Gasteiger partial charge in [0, 0.05) is 11.6 Å². The number of tetrazole rings is 1. The number of aryl methyl sites for hydroxylation is 1. The summed E-state index contributed by atoms with van der Waals surface area (Å²) in [5.41, 5.74) is 1.65. The Labute approximate surface area is 164 Å². The zero-order valence-electron chi connectivity index (χ0n) is 15.1. The minimum absolute atomic E-state index is 0.199. The van der Waals surface area contributed by atoms with Gasteiger partial charge in [0.2, 0.25) is 0 Å². The SMILES string of the molecule is Cc1nnnn1-c1cc(OC(=O)NC(C)CO)cc(-c2ccc(F)cc2Cl)c1. The Morgan fingerprint density at radius 3 is 2.79 bits per heavy atom. The molecule has 1 atom stereocenters. The zero-order valence-corrected chi connectivity index (χ0v) is 15.8. The van der Waals surface area contributed by atoms with Gasteiger partial charge in [0.1, 0.15) is 11.6 Å². The van der Waals surface area contributed by atoms with Crippen molar-refractivity contribution in [3.8, 4) is 22.6 Å². The second-order valence-corrected chi connectivity index (χ2v) is 6.50. The third kappa shape index (κ3) is 4.44. The molecule has 0 aliphatic heterocycles. The summed E-state index contributed by atoms with van der Waals surface area (Å²) in [6.45, 7) is 3.12. The molecule has 1 unspecified atom stereocenters. The monoisotopic (exact) mass is 405 g/mol. The van der Waals surface area contributed by atoms with Crippen LogP contribution in [0.1, 0.15) is 12.7 Å². The molecule has 1 aromatic heterocycles. The molecular weight excluding hydrogens is 389 g/mol. The number of amides is 1. The third-order valence-electron chi connectivity index (χ3n) is 3.85. The van der Waals surface area contributed by atoms with Crippen LogP contribution in [-0.2, 0) is 0 Å². The van der Waals surface area contributed by atoms with Crippen molar-refractivity contribution < 1.29 is 19.0 Å². The van der Waals surface area contributed by atoms with Crippen molar-refractivity contribution in [3.63, 3.8) is 0 Å². The smallest absolute Gasteiger partial charge is 0.410 e. The number of carbonyl (C=O) groups is 1. The number of nitrogens with one attached hydrogen (secondary N) is 1. The Kier molecular flexibility index (Phi) is 5.86. The fourth-order valence-electron chi connectivity index (χ4n) is 2.50. The van der Waals surface area contributed by atoms with Gasteiger partial charge in [-0.2, -0.15) is 4.68 Å². The Hall–Kier alpha value is -3.04. The maximum Gasteiger partial charge on any atom is 0.412 e. The molecule has 0 saturated heterocycles. The molecule has 2 N–H and O–H groups in total. The first-order valence-electron chi connectivity index (χ1n) is 8.32. The number of halogens is 2. The van der Waals surface area contributed by atoms with Crippen molar-refractivity contribution >= 4 is 17.7 Å². The van der Waals surface area contributed by atoms with Crippen LogP contribution >= 0.6 is 11.6 Å². The molecule has 0 radical (unpaired) electrons. The van der Waals surface area contributed by atoms with E-state index in [-0.39, 0.29) is 17.4 Å². The first kappa shape index (κ1) is 19.7.